The molecule has 100 valence electrons. The van der Waals surface area contributed by atoms with Gasteiger partial charge in [-0.05, 0) is 46.8 Å². The number of benzene rings is 1. The zero-order valence-electron chi connectivity index (χ0n) is 10.7. The minimum atomic E-state index is 0.0593. The second kappa shape index (κ2) is 7.56. The fraction of sp³-hybridized carbons (Fsp3) is 0.462. The number of nitrogens with zero attached hydrogens (tertiary/aromatic N) is 1. The average molecular weight is 395 g/mol. The van der Waals surface area contributed by atoms with E-state index >= 15 is 0 Å². The molecule has 0 bridgehead atoms. The Kier molecular flexibility index (Phi) is 6.74. The zero-order chi connectivity index (χ0) is 13.7. The van der Waals surface area contributed by atoms with Crippen molar-refractivity contribution in [2.75, 3.05) is 19.1 Å². The summed E-state index contributed by atoms with van der Waals surface area (Å²) in [7, 11) is 1.88. The first kappa shape index (κ1) is 16.1. The highest BCUT2D eigenvalue weighted by Gasteiger charge is 2.21. The predicted molar refractivity (Wildman–Crippen MR) is 86.4 cm³/mol. The number of carbonyl (C=O) groups excluding carboxylic acids is 1. The lowest BCUT2D eigenvalue weighted by molar-refractivity contribution is 0.0742. The fourth-order valence-electron chi connectivity index (χ4n) is 1.71. The van der Waals surface area contributed by atoms with Crippen molar-refractivity contribution in [3.05, 3.63) is 32.7 Å². The molecule has 5 heteroatoms. The van der Waals surface area contributed by atoms with Crippen LogP contribution in [0.2, 0.25) is 0 Å². The van der Waals surface area contributed by atoms with Gasteiger partial charge < -0.3 is 4.90 Å². The van der Waals surface area contributed by atoms with E-state index in [0.717, 1.165) is 21.1 Å². The van der Waals surface area contributed by atoms with E-state index in [1.807, 2.05) is 30.1 Å². The van der Waals surface area contributed by atoms with Crippen molar-refractivity contribution in [2.24, 2.45) is 0 Å². The smallest absolute Gasteiger partial charge is 0.255 e. The van der Waals surface area contributed by atoms with E-state index < -0.39 is 0 Å². The minimum Gasteiger partial charge on any atom is -0.338 e. The lowest BCUT2D eigenvalue weighted by Gasteiger charge is -2.27. The zero-order valence-corrected chi connectivity index (χ0v) is 14.7. The van der Waals surface area contributed by atoms with Crippen molar-refractivity contribution in [1.29, 1.82) is 0 Å². The summed E-state index contributed by atoms with van der Waals surface area (Å²) in [6.07, 6.45) is 3.03. The molecule has 2 nitrogen and oxygen atoms in total. The molecule has 0 fully saturated rings. The maximum atomic E-state index is 12.5. The van der Waals surface area contributed by atoms with Crippen LogP contribution in [0, 0.1) is 0 Å². The van der Waals surface area contributed by atoms with Crippen LogP contribution in [0.5, 0.6) is 0 Å². The fourth-order valence-corrected chi connectivity index (χ4v) is 3.33. The molecule has 0 saturated heterocycles. The van der Waals surface area contributed by atoms with E-state index in [0.29, 0.717) is 5.56 Å². The van der Waals surface area contributed by atoms with Crippen LogP contribution in [0.1, 0.15) is 23.7 Å². The Labute approximate surface area is 130 Å². The third kappa shape index (κ3) is 4.00. The summed E-state index contributed by atoms with van der Waals surface area (Å²) in [6, 6.07) is 5.94. The van der Waals surface area contributed by atoms with E-state index in [1.54, 1.807) is 11.8 Å². The summed E-state index contributed by atoms with van der Waals surface area (Å²) >= 11 is 8.61. The molecule has 1 rings (SSSR count). The molecule has 18 heavy (non-hydrogen) atoms. The van der Waals surface area contributed by atoms with Gasteiger partial charge in [-0.3, -0.25) is 4.79 Å². The van der Waals surface area contributed by atoms with Crippen LogP contribution in [-0.4, -0.2) is 35.9 Å². The van der Waals surface area contributed by atoms with Crippen molar-refractivity contribution >= 4 is 49.5 Å². The molecule has 1 aromatic carbocycles. The van der Waals surface area contributed by atoms with Gasteiger partial charge in [0, 0.05) is 27.8 Å². The molecule has 1 aromatic rings. The maximum Gasteiger partial charge on any atom is 0.255 e. The second-order valence-corrected chi connectivity index (χ2v) is 6.74. The first-order valence-electron chi connectivity index (χ1n) is 5.72. The summed E-state index contributed by atoms with van der Waals surface area (Å²) in [5.41, 5.74) is 0.700. The Bertz CT molecular complexity index is 425. The molecule has 0 saturated carbocycles. The minimum absolute atomic E-state index is 0.0593. The highest BCUT2D eigenvalue weighted by atomic mass is 79.9. The summed E-state index contributed by atoms with van der Waals surface area (Å²) in [4.78, 5) is 14.3. The molecule has 1 atom stereocenters. The van der Waals surface area contributed by atoms with E-state index in [-0.39, 0.29) is 11.9 Å². The molecule has 0 aliphatic carbocycles. The third-order valence-electron chi connectivity index (χ3n) is 2.86. The molecule has 0 N–H and O–H groups in total. The molecule has 0 aromatic heterocycles. The van der Waals surface area contributed by atoms with E-state index in [2.05, 4.69) is 45.0 Å². The van der Waals surface area contributed by atoms with Gasteiger partial charge in [0.25, 0.3) is 5.91 Å². The highest BCUT2D eigenvalue weighted by molar-refractivity contribution is 9.11. The Balaban J connectivity index is 2.95. The monoisotopic (exact) mass is 393 g/mol. The van der Waals surface area contributed by atoms with Crippen molar-refractivity contribution in [3.8, 4) is 0 Å². The Morgan fingerprint density at radius 2 is 2.11 bits per heavy atom. The first-order chi connectivity index (χ1) is 8.51. The van der Waals surface area contributed by atoms with E-state index in [1.165, 1.54) is 0 Å². The number of hydrogen-bond acceptors (Lipinski definition) is 2. The van der Waals surface area contributed by atoms with Crippen molar-refractivity contribution in [3.63, 3.8) is 0 Å². The number of thioether (sulfide) groups is 1. The maximum absolute atomic E-state index is 12.5. The van der Waals surface area contributed by atoms with Crippen LogP contribution in [0.3, 0.4) is 0 Å². The molecular formula is C13H17Br2NOS. The SMILES string of the molecule is CCC(CSC)N(C)C(=O)c1cc(Br)ccc1Br. The average Bonchev–Trinajstić information content (AvgIpc) is 2.37. The van der Waals surface area contributed by atoms with Crippen LogP contribution < -0.4 is 0 Å². The lowest BCUT2D eigenvalue weighted by Crippen LogP contribution is -2.38. The van der Waals surface area contributed by atoms with Gasteiger partial charge in [0.05, 0.1) is 5.56 Å². The Hall–Kier alpha value is -0.000000000000000111. The quantitative estimate of drug-likeness (QED) is 0.736. The van der Waals surface area contributed by atoms with Crippen LogP contribution in [0.25, 0.3) is 0 Å². The van der Waals surface area contributed by atoms with Crippen LogP contribution >= 0.6 is 43.6 Å². The van der Waals surface area contributed by atoms with Gasteiger partial charge in [0.15, 0.2) is 0 Å². The van der Waals surface area contributed by atoms with Crippen LogP contribution in [0.4, 0.5) is 0 Å². The van der Waals surface area contributed by atoms with Crippen molar-refractivity contribution in [2.45, 2.75) is 19.4 Å². The predicted octanol–water partition coefficient (Wildman–Crippen LogP) is 4.43. The van der Waals surface area contributed by atoms with Gasteiger partial charge in [0.1, 0.15) is 0 Å². The summed E-state index contributed by atoms with van der Waals surface area (Å²) in [5.74, 6) is 1.02. The number of carbonyl (C=O) groups is 1. The summed E-state index contributed by atoms with van der Waals surface area (Å²) in [6.45, 7) is 2.11. The van der Waals surface area contributed by atoms with Crippen LogP contribution in [-0.2, 0) is 0 Å². The van der Waals surface area contributed by atoms with Gasteiger partial charge in [-0.25, -0.2) is 0 Å². The highest BCUT2D eigenvalue weighted by Crippen LogP contribution is 2.24. The number of hydrogen-bond donors (Lipinski definition) is 0. The lowest BCUT2D eigenvalue weighted by atomic mass is 10.1. The van der Waals surface area contributed by atoms with E-state index in [9.17, 15) is 4.79 Å². The molecule has 0 heterocycles. The molecule has 1 unspecified atom stereocenters. The standard InChI is InChI=1S/C13H17Br2NOS/c1-4-10(8-18-3)16(2)13(17)11-7-9(14)5-6-12(11)15/h5-7,10H,4,8H2,1-3H3. The number of halogens is 2. The third-order valence-corrected chi connectivity index (χ3v) is 4.76. The van der Waals surface area contributed by atoms with Crippen LogP contribution in [0.15, 0.2) is 27.1 Å². The summed E-state index contributed by atoms with van der Waals surface area (Å²) in [5, 5.41) is 0. The molecule has 0 radical (unpaired) electrons. The number of rotatable bonds is 5. The molecule has 0 aliphatic rings. The van der Waals surface area contributed by atoms with Crippen molar-refractivity contribution in [1.82, 2.24) is 4.90 Å². The van der Waals surface area contributed by atoms with Crippen molar-refractivity contribution < 1.29 is 4.79 Å². The first-order valence-corrected chi connectivity index (χ1v) is 8.70. The van der Waals surface area contributed by atoms with Gasteiger partial charge in [-0.1, -0.05) is 22.9 Å². The van der Waals surface area contributed by atoms with Gasteiger partial charge in [0.2, 0.25) is 0 Å². The largest absolute Gasteiger partial charge is 0.338 e. The molecule has 1 amide bonds. The van der Waals surface area contributed by atoms with E-state index in [4.69, 9.17) is 0 Å². The van der Waals surface area contributed by atoms with Gasteiger partial charge in [-0.15, -0.1) is 0 Å². The van der Waals surface area contributed by atoms with Gasteiger partial charge >= 0.3 is 0 Å². The Morgan fingerprint density at radius 1 is 1.44 bits per heavy atom. The molecule has 0 aliphatic heterocycles. The topological polar surface area (TPSA) is 20.3 Å². The van der Waals surface area contributed by atoms with Gasteiger partial charge in [-0.2, -0.15) is 11.8 Å². The second-order valence-electron chi connectivity index (χ2n) is 4.06. The number of amides is 1. The normalized spacial score (nSPS) is 12.3. The molecule has 0 spiro atoms. The summed E-state index contributed by atoms with van der Waals surface area (Å²) < 4.78 is 1.75. The Morgan fingerprint density at radius 3 is 2.67 bits per heavy atom. The molecular weight excluding hydrogens is 378 g/mol.